The van der Waals surface area contributed by atoms with E-state index >= 15 is 0 Å². The molecule has 7 nitrogen and oxygen atoms in total. The van der Waals surface area contributed by atoms with Gasteiger partial charge in [-0.2, -0.15) is 0 Å². The molecule has 0 radical (unpaired) electrons. The van der Waals surface area contributed by atoms with Crippen molar-refractivity contribution in [2.24, 2.45) is 0 Å². The first kappa shape index (κ1) is 23.4. The van der Waals surface area contributed by atoms with Crippen LogP contribution >= 0.6 is 0 Å². The predicted octanol–water partition coefficient (Wildman–Crippen LogP) is 2.18. The number of amides is 2. The average Bonchev–Trinajstić information content (AvgIpc) is 2.74. The molecule has 162 valence electrons. The second kappa shape index (κ2) is 10.2. The maximum atomic E-state index is 13.2. The van der Waals surface area contributed by atoms with Gasteiger partial charge in [0, 0.05) is 13.6 Å². The number of nitrogens with one attached hydrogen (secondary N) is 1. The first-order valence-corrected chi connectivity index (χ1v) is 11.6. The quantitative estimate of drug-likeness (QED) is 0.659. The number of benzene rings is 2. The lowest BCUT2D eigenvalue weighted by Crippen LogP contribution is -2.50. The van der Waals surface area contributed by atoms with Gasteiger partial charge in [0.2, 0.25) is 21.8 Å². The van der Waals surface area contributed by atoms with Crippen molar-refractivity contribution in [2.45, 2.75) is 32.9 Å². The fourth-order valence-corrected chi connectivity index (χ4v) is 3.93. The summed E-state index contributed by atoms with van der Waals surface area (Å²) in [7, 11) is -2.20. The van der Waals surface area contributed by atoms with Crippen molar-refractivity contribution in [3.8, 4) is 0 Å². The third-order valence-corrected chi connectivity index (χ3v) is 6.06. The molecule has 0 bridgehead atoms. The Morgan fingerprint density at radius 1 is 1.00 bits per heavy atom. The van der Waals surface area contributed by atoms with Crippen LogP contribution in [0, 0.1) is 0 Å². The van der Waals surface area contributed by atoms with E-state index < -0.39 is 28.5 Å². The molecule has 0 unspecified atom stereocenters. The Bertz CT molecular complexity index is 960. The summed E-state index contributed by atoms with van der Waals surface area (Å²) in [5.74, 6) is -0.780. The molecule has 1 N–H and O–H groups in total. The summed E-state index contributed by atoms with van der Waals surface area (Å²) in [5, 5.41) is 2.55. The van der Waals surface area contributed by atoms with Gasteiger partial charge in [-0.05, 0) is 36.6 Å². The number of aryl methyl sites for hydroxylation is 1. The lowest BCUT2D eigenvalue weighted by atomic mass is 10.1. The van der Waals surface area contributed by atoms with E-state index in [1.54, 1.807) is 19.1 Å². The smallest absolute Gasteiger partial charge is 0.244 e. The second-order valence-electron chi connectivity index (χ2n) is 7.09. The van der Waals surface area contributed by atoms with Crippen molar-refractivity contribution in [3.63, 3.8) is 0 Å². The first-order chi connectivity index (χ1) is 14.2. The van der Waals surface area contributed by atoms with Gasteiger partial charge >= 0.3 is 0 Å². The topological polar surface area (TPSA) is 86.8 Å². The van der Waals surface area contributed by atoms with E-state index in [9.17, 15) is 18.0 Å². The minimum Gasteiger partial charge on any atom is -0.357 e. The van der Waals surface area contributed by atoms with Crippen LogP contribution in [-0.4, -0.2) is 51.0 Å². The number of nitrogens with zero attached hydrogens (tertiary/aromatic N) is 2. The molecule has 0 aliphatic heterocycles. The van der Waals surface area contributed by atoms with Crippen LogP contribution in [0.1, 0.15) is 25.0 Å². The minimum absolute atomic E-state index is 0.195. The standard InChI is InChI=1S/C22H29N3O4S/c1-5-18-11-13-20(14-12-18)25(30(4,28)29)16-21(26)24(17(2)22(27)23-3)15-19-9-7-6-8-10-19/h6-14,17H,5,15-16H2,1-4H3,(H,23,27)/t17-/m1/s1. The van der Waals surface area contributed by atoms with Crippen molar-refractivity contribution >= 4 is 27.5 Å². The summed E-state index contributed by atoms with van der Waals surface area (Å²) in [4.78, 5) is 26.8. The van der Waals surface area contributed by atoms with Gasteiger partial charge < -0.3 is 10.2 Å². The van der Waals surface area contributed by atoms with Gasteiger partial charge in [-0.25, -0.2) is 8.42 Å². The number of carbonyl (C=O) groups is 2. The fraction of sp³-hybridized carbons (Fsp3) is 0.364. The molecule has 0 heterocycles. The van der Waals surface area contributed by atoms with Gasteiger partial charge in [-0.15, -0.1) is 0 Å². The minimum atomic E-state index is -3.71. The van der Waals surface area contributed by atoms with E-state index in [4.69, 9.17) is 0 Å². The number of anilines is 1. The maximum absolute atomic E-state index is 13.2. The van der Waals surface area contributed by atoms with Crippen LogP contribution in [0.5, 0.6) is 0 Å². The highest BCUT2D eigenvalue weighted by Crippen LogP contribution is 2.20. The zero-order valence-electron chi connectivity index (χ0n) is 17.8. The van der Waals surface area contributed by atoms with Crippen LogP contribution in [-0.2, 0) is 32.6 Å². The molecule has 2 rings (SSSR count). The van der Waals surface area contributed by atoms with E-state index in [1.165, 1.54) is 11.9 Å². The molecule has 0 aliphatic carbocycles. The van der Waals surface area contributed by atoms with Gasteiger partial charge in [0.15, 0.2) is 0 Å². The Kier molecular flexibility index (Phi) is 8.00. The molecule has 0 saturated heterocycles. The van der Waals surface area contributed by atoms with Crippen molar-refractivity contribution in [3.05, 3.63) is 65.7 Å². The number of hydrogen-bond acceptors (Lipinski definition) is 4. The molecule has 0 aliphatic rings. The normalized spacial score (nSPS) is 12.1. The molecular formula is C22H29N3O4S. The summed E-state index contributed by atoms with van der Waals surface area (Å²) < 4.78 is 25.9. The van der Waals surface area contributed by atoms with Crippen molar-refractivity contribution < 1.29 is 18.0 Å². The zero-order valence-corrected chi connectivity index (χ0v) is 18.6. The van der Waals surface area contributed by atoms with E-state index in [-0.39, 0.29) is 12.5 Å². The fourth-order valence-electron chi connectivity index (χ4n) is 3.08. The average molecular weight is 432 g/mol. The Labute approximate surface area is 178 Å². The Morgan fingerprint density at radius 2 is 1.60 bits per heavy atom. The zero-order chi connectivity index (χ0) is 22.3. The highest BCUT2D eigenvalue weighted by atomic mass is 32.2. The molecule has 2 amide bonds. The van der Waals surface area contributed by atoms with E-state index in [0.29, 0.717) is 5.69 Å². The largest absolute Gasteiger partial charge is 0.357 e. The van der Waals surface area contributed by atoms with E-state index in [1.807, 2.05) is 49.4 Å². The molecule has 0 saturated carbocycles. The van der Waals surface area contributed by atoms with E-state index in [0.717, 1.165) is 28.1 Å². The molecule has 0 fully saturated rings. The third kappa shape index (κ3) is 6.06. The number of likely N-dealkylation sites (N-methyl/N-ethyl adjacent to an activating group) is 1. The van der Waals surface area contributed by atoms with Crippen LogP contribution in [0.3, 0.4) is 0 Å². The number of sulfonamides is 1. The van der Waals surface area contributed by atoms with E-state index in [2.05, 4.69) is 5.32 Å². The lowest BCUT2D eigenvalue weighted by molar-refractivity contribution is -0.139. The predicted molar refractivity (Wildman–Crippen MR) is 119 cm³/mol. The summed E-state index contributed by atoms with van der Waals surface area (Å²) in [6, 6.07) is 15.6. The van der Waals surface area contributed by atoms with Gasteiger partial charge in [-0.1, -0.05) is 49.4 Å². The SMILES string of the molecule is CCc1ccc(N(CC(=O)N(Cc2ccccc2)[C@H](C)C(=O)NC)S(C)(=O)=O)cc1. The molecule has 0 spiro atoms. The van der Waals surface area contributed by atoms with Gasteiger partial charge in [0.25, 0.3) is 0 Å². The number of carbonyl (C=O) groups excluding carboxylic acids is 2. The third-order valence-electron chi connectivity index (χ3n) is 4.92. The highest BCUT2D eigenvalue weighted by molar-refractivity contribution is 7.92. The summed E-state index contributed by atoms with van der Waals surface area (Å²) in [6.45, 7) is 3.44. The number of hydrogen-bond donors (Lipinski definition) is 1. The molecule has 2 aromatic rings. The van der Waals surface area contributed by atoms with Gasteiger partial charge in [-0.3, -0.25) is 13.9 Å². The van der Waals surface area contributed by atoms with Crippen LogP contribution in [0.15, 0.2) is 54.6 Å². The molecule has 30 heavy (non-hydrogen) atoms. The maximum Gasteiger partial charge on any atom is 0.244 e. The second-order valence-corrected chi connectivity index (χ2v) is 8.99. The summed E-state index contributed by atoms with van der Waals surface area (Å²) >= 11 is 0. The van der Waals surface area contributed by atoms with Crippen molar-refractivity contribution in [2.75, 3.05) is 24.2 Å². The Balaban J connectivity index is 2.34. The van der Waals surface area contributed by atoms with Crippen LogP contribution in [0.2, 0.25) is 0 Å². The summed E-state index contributed by atoms with van der Waals surface area (Å²) in [5.41, 5.74) is 2.33. The van der Waals surface area contributed by atoms with Crippen molar-refractivity contribution in [1.29, 1.82) is 0 Å². The lowest BCUT2D eigenvalue weighted by Gasteiger charge is -2.31. The molecular weight excluding hydrogens is 402 g/mol. The molecule has 8 heteroatoms. The Hall–Kier alpha value is -2.87. The number of rotatable bonds is 9. The monoisotopic (exact) mass is 431 g/mol. The van der Waals surface area contributed by atoms with Gasteiger partial charge in [0.1, 0.15) is 12.6 Å². The molecule has 1 atom stereocenters. The van der Waals surface area contributed by atoms with Crippen molar-refractivity contribution in [1.82, 2.24) is 10.2 Å². The first-order valence-electron chi connectivity index (χ1n) is 9.79. The van der Waals surface area contributed by atoms with Crippen LogP contribution < -0.4 is 9.62 Å². The van der Waals surface area contributed by atoms with Crippen LogP contribution in [0.4, 0.5) is 5.69 Å². The molecule has 2 aromatic carbocycles. The van der Waals surface area contributed by atoms with Gasteiger partial charge in [0.05, 0.1) is 11.9 Å². The summed E-state index contributed by atoms with van der Waals surface area (Å²) in [6.07, 6.45) is 1.89. The highest BCUT2D eigenvalue weighted by Gasteiger charge is 2.29. The Morgan fingerprint density at radius 3 is 2.10 bits per heavy atom. The van der Waals surface area contributed by atoms with Crippen LogP contribution in [0.25, 0.3) is 0 Å². The molecule has 0 aromatic heterocycles.